The van der Waals surface area contributed by atoms with Gasteiger partial charge < -0.3 is 9.47 Å². The van der Waals surface area contributed by atoms with Crippen molar-refractivity contribution in [2.45, 2.75) is 19.1 Å². The van der Waals surface area contributed by atoms with Crippen molar-refractivity contribution in [1.29, 1.82) is 0 Å². The van der Waals surface area contributed by atoms with Crippen LogP contribution in [0.25, 0.3) is 0 Å². The number of nitrogens with zero attached hydrogens (tertiary/aromatic N) is 2. The van der Waals surface area contributed by atoms with Crippen LogP contribution in [0.3, 0.4) is 0 Å². The summed E-state index contributed by atoms with van der Waals surface area (Å²) in [5.74, 6) is -0.347. The van der Waals surface area contributed by atoms with Crippen LogP contribution in [-0.2, 0) is 14.3 Å². The molecule has 134 valence electrons. The first-order valence-corrected chi connectivity index (χ1v) is 7.81. The van der Waals surface area contributed by atoms with E-state index in [9.17, 15) is 19.7 Å². The predicted octanol–water partition coefficient (Wildman–Crippen LogP) is 2.62. The lowest BCUT2D eigenvalue weighted by atomic mass is 9.89. The van der Waals surface area contributed by atoms with Crippen molar-refractivity contribution in [2.24, 2.45) is 0 Å². The molecule has 1 heterocycles. The zero-order valence-corrected chi connectivity index (χ0v) is 14.1. The molecule has 2 aromatic rings. The molecule has 0 unspecified atom stereocenters. The van der Waals surface area contributed by atoms with Gasteiger partial charge >= 0.3 is 5.97 Å². The van der Waals surface area contributed by atoms with Crippen LogP contribution < -0.4 is 9.64 Å². The first-order valence-electron chi connectivity index (χ1n) is 7.81. The third-order valence-electron chi connectivity index (χ3n) is 4.11. The molecule has 1 saturated heterocycles. The number of rotatable bonds is 5. The average Bonchev–Trinajstić information content (AvgIpc) is 2.64. The molecule has 0 saturated carbocycles. The predicted molar refractivity (Wildman–Crippen MR) is 91.9 cm³/mol. The maximum Gasteiger partial charge on any atom is 0.303 e. The Morgan fingerprint density at radius 3 is 2.46 bits per heavy atom. The van der Waals surface area contributed by atoms with Crippen molar-refractivity contribution in [3.8, 4) is 5.75 Å². The van der Waals surface area contributed by atoms with E-state index in [4.69, 9.17) is 9.47 Å². The molecule has 0 spiro atoms. The molecule has 1 amide bonds. The highest BCUT2D eigenvalue weighted by atomic mass is 16.6. The summed E-state index contributed by atoms with van der Waals surface area (Å²) < 4.78 is 10.2. The standard InChI is InChI=1S/C18H16N2O6/c1-11(21)26-17-16(12-4-3-5-14(10-12)20(23)24)19(18(17)22)13-6-8-15(25-2)9-7-13/h3-10,16-17H,1-2H3/t16-,17+/m0/s1. The second kappa shape index (κ2) is 6.83. The number of hydrogen-bond donors (Lipinski definition) is 0. The van der Waals surface area contributed by atoms with E-state index in [1.54, 1.807) is 30.3 Å². The lowest BCUT2D eigenvalue weighted by Gasteiger charge is -2.46. The Balaban J connectivity index is 1.99. The van der Waals surface area contributed by atoms with Crippen molar-refractivity contribution < 1.29 is 24.0 Å². The molecule has 8 heteroatoms. The Hall–Kier alpha value is -3.42. The average molecular weight is 356 g/mol. The summed E-state index contributed by atoms with van der Waals surface area (Å²) in [4.78, 5) is 35.9. The second-order valence-corrected chi connectivity index (χ2v) is 5.73. The van der Waals surface area contributed by atoms with E-state index in [1.165, 1.54) is 37.1 Å². The number of β-lactam (4-membered cyclic amide) rings is 1. The van der Waals surface area contributed by atoms with Crippen LogP contribution in [0.15, 0.2) is 48.5 Å². The van der Waals surface area contributed by atoms with E-state index >= 15 is 0 Å². The number of methoxy groups -OCH3 is 1. The second-order valence-electron chi connectivity index (χ2n) is 5.73. The van der Waals surface area contributed by atoms with Crippen molar-refractivity contribution >= 4 is 23.3 Å². The maximum atomic E-state index is 12.5. The van der Waals surface area contributed by atoms with Gasteiger partial charge in [0.1, 0.15) is 11.8 Å². The third kappa shape index (κ3) is 3.08. The van der Waals surface area contributed by atoms with Gasteiger partial charge in [-0.05, 0) is 29.8 Å². The van der Waals surface area contributed by atoms with Crippen molar-refractivity contribution in [2.75, 3.05) is 12.0 Å². The molecule has 3 rings (SSSR count). The molecule has 1 fully saturated rings. The fourth-order valence-electron chi connectivity index (χ4n) is 2.93. The van der Waals surface area contributed by atoms with Crippen LogP contribution in [0.2, 0.25) is 0 Å². The number of benzene rings is 2. The maximum absolute atomic E-state index is 12.5. The van der Waals surface area contributed by atoms with Crippen LogP contribution in [0, 0.1) is 10.1 Å². The first-order chi connectivity index (χ1) is 12.4. The van der Waals surface area contributed by atoms with E-state index in [0.29, 0.717) is 17.0 Å². The molecule has 2 aromatic carbocycles. The molecule has 1 aliphatic heterocycles. The summed E-state index contributed by atoms with van der Waals surface area (Å²) >= 11 is 0. The van der Waals surface area contributed by atoms with Gasteiger partial charge in [-0.1, -0.05) is 12.1 Å². The molecule has 1 aliphatic rings. The number of nitro benzene ring substituents is 1. The highest BCUT2D eigenvalue weighted by Gasteiger charge is 2.51. The lowest BCUT2D eigenvalue weighted by molar-refractivity contribution is -0.384. The SMILES string of the molecule is COc1ccc(N2C(=O)[C@H](OC(C)=O)[C@@H]2c2cccc([N+](=O)[O-])c2)cc1. The normalized spacial score (nSPS) is 18.8. The summed E-state index contributed by atoms with van der Waals surface area (Å²) in [6.07, 6.45) is -1.02. The van der Waals surface area contributed by atoms with Gasteiger partial charge in [-0.2, -0.15) is 0 Å². The third-order valence-corrected chi connectivity index (χ3v) is 4.11. The number of esters is 1. The van der Waals surface area contributed by atoms with E-state index < -0.39 is 23.0 Å². The topological polar surface area (TPSA) is 99.0 Å². The molecule has 0 bridgehead atoms. The van der Waals surface area contributed by atoms with Crippen LogP contribution >= 0.6 is 0 Å². The Kier molecular flexibility index (Phi) is 4.57. The van der Waals surface area contributed by atoms with E-state index in [0.717, 1.165) is 0 Å². The molecule has 0 N–H and O–H groups in total. The molecular weight excluding hydrogens is 340 g/mol. The number of carbonyl (C=O) groups excluding carboxylic acids is 2. The van der Waals surface area contributed by atoms with Gasteiger partial charge in [0.2, 0.25) is 6.10 Å². The minimum Gasteiger partial charge on any atom is -0.497 e. The summed E-state index contributed by atoms with van der Waals surface area (Å²) in [5, 5.41) is 11.1. The minimum absolute atomic E-state index is 0.0990. The number of carbonyl (C=O) groups is 2. The zero-order chi connectivity index (χ0) is 18.8. The lowest BCUT2D eigenvalue weighted by Crippen LogP contribution is -2.60. The summed E-state index contributed by atoms with van der Waals surface area (Å²) in [6, 6.07) is 12.1. The summed E-state index contributed by atoms with van der Waals surface area (Å²) in [5.41, 5.74) is 0.995. The van der Waals surface area contributed by atoms with Crippen LogP contribution in [-0.4, -0.2) is 30.0 Å². The van der Waals surface area contributed by atoms with Gasteiger partial charge in [-0.25, -0.2) is 0 Å². The van der Waals surface area contributed by atoms with Gasteiger partial charge in [0, 0.05) is 24.7 Å². The van der Waals surface area contributed by atoms with Crippen LogP contribution in [0.1, 0.15) is 18.5 Å². The fourth-order valence-corrected chi connectivity index (χ4v) is 2.93. The monoisotopic (exact) mass is 356 g/mol. The Labute approximate surface area is 149 Å². The highest BCUT2D eigenvalue weighted by molar-refractivity contribution is 6.06. The van der Waals surface area contributed by atoms with Crippen molar-refractivity contribution in [1.82, 2.24) is 0 Å². The van der Waals surface area contributed by atoms with Gasteiger partial charge in [0.05, 0.1) is 12.0 Å². The molecule has 8 nitrogen and oxygen atoms in total. The Bertz CT molecular complexity index is 864. The largest absolute Gasteiger partial charge is 0.497 e. The van der Waals surface area contributed by atoms with Crippen molar-refractivity contribution in [3.05, 3.63) is 64.2 Å². The first kappa shape index (κ1) is 17.4. The Morgan fingerprint density at radius 2 is 1.88 bits per heavy atom. The van der Waals surface area contributed by atoms with E-state index in [-0.39, 0.29) is 11.6 Å². The van der Waals surface area contributed by atoms with Crippen LogP contribution in [0.4, 0.5) is 11.4 Å². The van der Waals surface area contributed by atoms with Gasteiger partial charge in [-0.15, -0.1) is 0 Å². The number of ether oxygens (including phenoxy) is 2. The number of hydrogen-bond acceptors (Lipinski definition) is 6. The molecule has 0 aromatic heterocycles. The number of nitro groups is 1. The quantitative estimate of drug-likeness (QED) is 0.353. The molecule has 0 radical (unpaired) electrons. The van der Waals surface area contributed by atoms with E-state index in [1.807, 2.05) is 0 Å². The molecule has 26 heavy (non-hydrogen) atoms. The van der Waals surface area contributed by atoms with Gasteiger partial charge in [-0.3, -0.25) is 24.6 Å². The number of amides is 1. The number of anilines is 1. The van der Waals surface area contributed by atoms with E-state index in [2.05, 4.69) is 0 Å². The molecule has 2 atom stereocenters. The van der Waals surface area contributed by atoms with Gasteiger partial charge in [0.15, 0.2) is 0 Å². The number of non-ortho nitro benzene ring substituents is 1. The highest BCUT2D eigenvalue weighted by Crippen LogP contribution is 2.42. The summed E-state index contributed by atoms with van der Waals surface area (Å²) in [7, 11) is 1.53. The smallest absolute Gasteiger partial charge is 0.303 e. The minimum atomic E-state index is -1.02. The zero-order valence-electron chi connectivity index (χ0n) is 14.1. The van der Waals surface area contributed by atoms with Gasteiger partial charge in [0.25, 0.3) is 11.6 Å². The van der Waals surface area contributed by atoms with Crippen LogP contribution in [0.5, 0.6) is 5.75 Å². The molecular formula is C18H16N2O6. The Morgan fingerprint density at radius 1 is 1.19 bits per heavy atom. The molecule has 0 aliphatic carbocycles. The summed E-state index contributed by atoms with van der Waals surface area (Å²) in [6.45, 7) is 1.22. The fraction of sp³-hybridized carbons (Fsp3) is 0.222. The van der Waals surface area contributed by atoms with Crippen molar-refractivity contribution in [3.63, 3.8) is 0 Å².